The Morgan fingerprint density at radius 1 is 1.26 bits per heavy atom. The summed E-state index contributed by atoms with van der Waals surface area (Å²) in [6.45, 7) is 0. The third kappa shape index (κ3) is 3.90. The van der Waals surface area contributed by atoms with Crippen molar-refractivity contribution in [1.29, 1.82) is 5.26 Å². The molecule has 0 atom stereocenters. The van der Waals surface area contributed by atoms with Crippen molar-refractivity contribution in [3.05, 3.63) is 27.7 Å². The maximum Gasteiger partial charge on any atom is 0.573 e. The molecule has 0 radical (unpaired) electrons. The van der Waals surface area contributed by atoms with Crippen LogP contribution >= 0.6 is 0 Å². The van der Waals surface area contributed by atoms with Crippen LogP contribution in [0.2, 0.25) is 0 Å². The number of hydrogen-bond donors (Lipinski definition) is 1. The smallest absolute Gasteiger partial charge is 0.404 e. The molecule has 1 aromatic heterocycles. The van der Waals surface area contributed by atoms with Gasteiger partial charge in [-0.1, -0.05) is 0 Å². The Balaban J connectivity index is 3.43. The van der Waals surface area contributed by atoms with E-state index < -0.39 is 41.5 Å². The van der Waals surface area contributed by atoms with Crippen LogP contribution in [0.25, 0.3) is 0 Å². The number of nitrogens with zero attached hydrogens (tertiary/aromatic N) is 1. The number of ether oxygens (including phenoxy) is 1. The van der Waals surface area contributed by atoms with Crippen LogP contribution in [-0.4, -0.2) is 11.3 Å². The zero-order valence-corrected chi connectivity index (χ0v) is 8.82. The molecule has 1 aromatic rings. The molecule has 104 valence electrons. The van der Waals surface area contributed by atoms with Gasteiger partial charge in [0.25, 0.3) is 5.56 Å². The lowest BCUT2D eigenvalue weighted by molar-refractivity contribution is -0.276. The predicted octanol–water partition coefficient (Wildman–Crippen LogP) is 2.36. The van der Waals surface area contributed by atoms with Crippen molar-refractivity contribution in [3.63, 3.8) is 0 Å². The minimum absolute atomic E-state index is 0.248. The molecule has 4 nitrogen and oxygen atoms in total. The number of alkyl halides is 6. The first-order chi connectivity index (χ1) is 8.54. The van der Waals surface area contributed by atoms with Crippen molar-refractivity contribution in [3.8, 4) is 11.8 Å². The third-order valence-electron chi connectivity index (χ3n) is 1.86. The van der Waals surface area contributed by atoms with Crippen molar-refractivity contribution in [2.24, 2.45) is 0 Å². The molecule has 0 saturated heterocycles. The lowest BCUT2D eigenvalue weighted by atomic mass is 10.2. The fraction of sp³-hybridized carbons (Fsp3) is 0.333. The molecule has 1 heterocycles. The molecule has 0 aliphatic carbocycles. The second-order valence-corrected chi connectivity index (χ2v) is 3.24. The molecule has 10 heteroatoms. The van der Waals surface area contributed by atoms with E-state index in [9.17, 15) is 31.1 Å². The van der Waals surface area contributed by atoms with E-state index in [1.807, 2.05) is 0 Å². The van der Waals surface area contributed by atoms with E-state index in [2.05, 4.69) is 4.74 Å². The van der Waals surface area contributed by atoms with Crippen LogP contribution in [-0.2, 0) is 12.6 Å². The molecule has 0 saturated carbocycles. The van der Waals surface area contributed by atoms with Crippen molar-refractivity contribution in [1.82, 2.24) is 4.98 Å². The first kappa shape index (κ1) is 14.9. The topological polar surface area (TPSA) is 65.9 Å². The molecular weight excluding hydrogens is 282 g/mol. The molecule has 0 fully saturated rings. The number of aromatic nitrogens is 1. The highest BCUT2D eigenvalue weighted by molar-refractivity contribution is 5.34. The number of H-pyrrole nitrogens is 1. The van der Waals surface area contributed by atoms with Crippen LogP contribution < -0.4 is 10.3 Å². The first-order valence-electron chi connectivity index (χ1n) is 4.50. The molecule has 0 aliphatic heterocycles. The van der Waals surface area contributed by atoms with Gasteiger partial charge in [0.05, 0.1) is 12.5 Å². The summed E-state index contributed by atoms with van der Waals surface area (Å²) in [6, 6.07) is 1.68. The second-order valence-electron chi connectivity index (χ2n) is 3.24. The van der Waals surface area contributed by atoms with Crippen LogP contribution in [0.4, 0.5) is 26.3 Å². The fourth-order valence-electron chi connectivity index (χ4n) is 1.18. The van der Waals surface area contributed by atoms with E-state index in [4.69, 9.17) is 5.26 Å². The summed E-state index contributed by atoms with van der Waals surface area (Å²) in [5.41, 5.74) is -3.82. The van der Waals surface area contributed by atoms with Gasteiger partial charge in [0.15, 0.2) is 11.4 Å². The molecule has 0 bridgehead atoms. The van der Waals surface area contributed by atoms with Crippen molar-refractivity contribution >= 4 is 0 Å². The number of halogens is 6. The summed E-state index contributed by atoms with van der Waals surface area (Å²) < 4.78 is 76.5. The minimum Gasteiger partial charge on any atom is -0.404 e. The Hall–Kier alpha value is -2.18. The van der Waals surface area contributed by atoms with Crippen LogP contribution in [0.5, 0.6) is 5.75 Å². The standard InChI is InChI=1S/C9H4F6N2O2/c10-8(11,12)6-5(19-9(13,14)15)3-4(1-2-16)7(18)17-6/h3H,1H2,(H,17,18). The summed E-state index contributed by atoms with van der Waals surface area (Å²) in [6.07, 6.45) is -11.2. The van der Waals surface area contributed by atoms with E-state index in [1.54, 1.807) is 0 Å². The Morgan fingerprint density at radius 2 is 1.84 bits per heavy atom. The summed E-state index contributed by atoms with van der Waals surface area (Å²) in [7, 11) is 0. The Labute approximate surface area is 101 Å². The van der Waals surface area contributed by atoms with Gasteiger partial charge in [-0.25, -0.2) is 0 Å². The highest BCUT2D eigenvalue weighted by Crippen LogP contribution is 2.36. The van der Waals surface area contributed by atoms with Gasteiger partial charge in [0, 0.05) is 5.56 Å². The van der Waals surface area contributed by atoms with Crippen molar-refractivity contribution in [2.75, 3.05) is 0 Å². The maximum atomic E-state index is 12.4. The highest BCUT2D eigenvalue weighted by Gasteiger charge is 2.40. The predicted molar refractivity (Wildman–Crippen MR) is 48.1 cm³/mol. The first-order valence-corrected chi connectivity index (χ1v) is 4.50. The van der Waals surface area contributed by atoms with Crippen LogP contribution in [0.1, 0.15) is 11.3 Å². The van der Waals surface area contributed by atoms with E-state index in [-0.39, 0.29) is 6.07 Å². The molecular formula is C9H4F6N2O2. The van der Waals surface area contributed by atoms with Crippen molar-refractivity contribution in [2.45, 2.75) is 19.0 Å². The van der Waals surface area contributed by atoms with Gasteiger partial charge in [-0.15, -0.1) is 13.2 Å². The quantitative estimate of drug-likeness (QED) is 0.849. The SMILES string of the molecule is N#CCc1cc(OC(F)(F)F)c(C(F)(F)F)[nH]c1=O. The monoisotopic (exact) mass is 286 g/mol. The Morgan fingerprint density at radius 3 is 2.26 bits per heavy atom. The van der Waals surface area contributed by atoms with E-state index in [1.165, 1.54) is 11.1 Å². The molecule has 0 unspecified atom stereocenters. The van der Waals surface area contributed by atoms with Crippen molar-refractivity contribution < 1.29 is 31.1 Å². The molecule has 0 spiro atoms. The maximum absolute atomic E-state index is 12.4. The summed E-state index contributed by atoms with van der Waals surface area (Å²) in [5.74, 6) is -1.61. The van der Waals surface area contributed by atoms with Crippen LogP contribution in [0, 0.1) is 11.3 Å². The van der Waals surface area contributed by atoms with Gasteiger partial charge < -0.3 is 9.72 Å². The Kier molecular flexibility index (Phi) is 3.78. The Bertz CT molecular complexity index is 566. The number of nitrogens with one attached hydrogen (secondary N) is 1. The minimum atomic E-state index is -5.36. The lowest BCUT2D eigenvalue weighted by Gasteiger charge is -2.15. The summed E-state index contributed by atoms with van der Waals surface area (Å²) >= 11 is 0. The molecule has 0 amide bonds. The average Bonchev–Trinajstić information content (AvgIpc) is 2.19. The van der Waals surface area contributed by atoms with Gasteiger partial charge in [0.2, 0.25) is 0 Å². The highest BCUT2D eigenvalue weighted by atomic mass is 19.4. The van der Waals surface area contributed by atoms with E-state index >= 15 is 0 Å². The number of pyridine rings is 1. The molecule has 0 aliphatic rings. The van der Waals surface area contributed by atoms with E-state index in [0.29, 0.717) is 0 Å². The zero-order valence-electron chi connectivity index (χ0n) is 8.82. The fourth-order valence-corrected chi connectivity index (χ4v) is 1.18. The van der Waals surface area contributed by atoms with Gasteiger partial charge in [0.1, 0.15) is 0 Å². The van der Waals surface area contributed by atoms with E-state index in [0.717, 1.165) is 0 Å². The zero-order chi connectivity index (χ0) is 14.8. The molecule has 19 heavy (non-hydrogen) atoms. The van der Waals surface area contributed by atoms with Gasteiger partial charge in [-0.2, -0.15) is 18.4 Å². The van der Waals surface area contributed by atoms with Gasteiger partial charge in [-0.3, -0.25) is 4.79 Å². The summed E-state index contributed by atoms with van der Waals surface area (Å²) in [5, 5.41) is 8.31. The van der Waals surface area contributed by atoms with Crippen LogP contribution in [0.15, 0.2) is 10.9 Å². The number of hydrogen-bond acceptors (Lipinski definition) is 3. The normalized spacial score (nSPS) is 12.1. The van der Waals surface area contributed by atoms with Crippen LogP contribution in [0.3, 0.4) is 0 Å². The van der Waals surface area contributed by atoms with Gasteiger partial charge >= 0.3 is 12.5 Å². The summed E-state index contributed by atoms with van der Waals surface area (Å²) in [4.78, 5) is 12.4. The molecule has 0 aromatic carbocycles. The van der Waals surface area contributed by atoms with Gasteiger partial charge in [-0.05, 0) is 6.07 Å². The largest absolute Gasteiger partial charge is 0.573 e. The average molecular weight is 286 g/mol. The number of aromatic amines is 1. The number of rotatable bonds is 2. The molecule has 1 N–H and O–H groups in total. The molecule has 1 rings (SSSR count). The lowest BCUT2D eigenvalue weighted by Crippen LogP contribution is -2.25. The second kappa shape index (κ2) is 4.83. The number of nitriles is 1. The third-order valence-corrected chi connectivity index (χ3v) is 1.86.